The van der Waals surface area contributed by atoms with Crippen molar-refractivity contribution in [2.24, 2.45) is 0 Å². The first-order valence-corrected chi connectivity index (χ1v) is 10.3. The summed E-state index contributed by atoms with van der Waals surface area (Å²) in [7, 11) is -3.39. The van der Waals surface area contributed by atoms with E-state index in [-0.39, 0.29) is 27.3 Å². The summed E-state index contributed by atoms with van der Waals surface area (Å²) in [6.45, 7) is 0. The number of sulfone groups is 1. The van der Waals surface area contributed by atoms with Gasteiger partial charge in [0, 0.05) is 12.5 Å². The topological polar surface area (TPSA) is 93.4 Å². The Morgan fingerprint density at radius 3 is 2.84 bits per heavy atom. The zero-order valence-electron chi connectivity index (χ0n) is 13.0. The molecule has 1 amide bonds. The highest BCUT2D eigenvalue weighted by Gasteiger charge is 2.13. The summed E-state index contributed by atoms with van der Waals surface area (Å²) in [6, 6.07) is 9.68. The molecule has 0 saturated carbocycles. The smallest absolute Gasteiger partial charge is 0.234 e. The minimum absolute atomic E-state index is 0.0785. The molecular formula is C15H13ClN4O3S2. The maximum Gasteiger partial charge on any atom is 0.234 e. The molecule has 130 valence electrons. The van der Waals surface area contributed by atoms with Gasteiger partial charge < -0.3 is 5.32 Å². The predicted octanol–water partition coefficient (Wildman–Crippen LogP) is 2.52. The van der Waals surface area contributed by atoms with Gasteiger partial charge in [-0.1, -0.05) is 29.4 Å². The molecule has 7 nitrogen and oxygen atoms in total. The highest BCUT2D eigenvalue weighted by Crippen LogP contribution is 2.26. The van der Waals surface area contributed by atoms with Crippen molar-refractivity contribution in [2.45, 2.75) is 10.1 Å². The van der Waals surface area contributed by atoms with E-state index < -0.39 is 9.84 Å². The second-order valence-electron chi connectivity index (χ2n) is 5.16. The summed E-state index contributed by atoms with van der Waals surface area (Å²) in [5.74, 6) is -0.250. The molecule has 0 aliphatic heterocycles. The average molecular weight is 397 g/mol. The minimum Gasteiger partial charge on any atom is -0.324 e. The number of fused-ring (bicyclic) bond motifs is 1. The van der Waals surface area contributed by atoms with E-state index >= 15 is 0 Å². The third kappa shape index (κ3) is 4.12. The van der Waals surface area contributed by atoms with Crippen LogP contribution < -0.4 is 5.32 Å². The van der Waals surface area contributed by atoms with Crippen LogP contribution in [0.25, 0.3) is 5.65 Å². The Morgan fingerprint density at radius 2 is 2.08 bits per heavy atom. The number of halogens is 1. The molecule has 10 heteroatoms. The van der Waals surface area contributed by atoms with Gasteiger partial charge in [0.25, 0.3) is 0 Å². The van der Waals surface area contributed by atoms with Crippen LogP contribution in [0.5, 0.6) is 0 Å². The number of thioether (sulfide) groups is 1. The second kappa shape index (κ2) is 7.03. The van der Waals surface area contributed by atoms with Crippen molar-refractivity contribution in [3.63, 3.8) is 0 Å². The average Bonchev–Trinajstić information content (AvgIpc) is 2.97. The van der Waals surface area contributed by atoms with E-state index in [0.29, 0.717) is 10.8 Å². The zero-order valence-corrected chi connectivity index (χ0v) is 15.4. The van der Waals surface area contributed by atoms with Crippen LogP contribution in [0.4, 0.5) is 5.69 Å². The lowest BCUT2D eigenvalue weighted by molar-refractivity contribution is -0.113. The molecule has 25 heavy (non-hydrogen) atoms. The molecule has 0 radical (unpaired) electrons. The molecule has 0 spiro atoms. The Balaban J connectivity index is 1.71. The van der Waals surface area contributed by atoms with Crippen molar-refractivity contribution < 1.29 is 13.2 Å². The normalized spacial score (nSPS) is 11.6. The van der Waals surface area contributed by atoms with Crippen LogP contribution in [0.15, 0.2) is 52.6 Å². The molecule has 3 aromatic rings. The summed E-state index contributed by atoms with van der Waals surface area (Å²) >= 11 is 7.24. The number of pyridine rings is 1. The lowest BCUT2D eigenvalue weighted by Crippen LogP contribution is -2.15. The summed E-state index contributed by atoms with van der Waals surface area (Å²) < 4.78 is 25.0. The van der Waals surface area contributed by atoms with Crippen molar-refractivity contribution in [3.8, 4) is 0 Å². The number of amides is 1. The Bertz CT molecular complexity index is 1050. The van der Waals surface area contributed by atoms with Gasteiger partial charge in [0.05, 0.1) is 21.4 Å². The van der Waals surface area contributed by atoms with E-state index in [9.17, 15) is 13.2 Å². The zero-order chi connectivity index (χ0) is 18.0. The van der Waals surface area contributed by atoms with Gasteiger partial charge in [0.1, 0.15) is 0 Å². The van der Waals surface area contributed by atoms with Crippen LogP contribution in [-0.2, 0) is 14.6 Å². The number of rotatable bonds is 5. The van der Waals surface area contributed by atoms with Crippen LogP contribution in [-0.4, -0.2) is 40.9 Å². The first-order valence-electron chi connectivity index (χ1n) is 7.06. The highest BCUT2D eigenvalue weighted by molar-refractivity contribution is 7.99. The number of nitrogens with zero attached hydrogens (tertiary/aromatic N) is 3. The van der Waals surface area contributed by atoms with Crippen molar-refractivity contribution >= 4 is 50.4 Å². The summed E-state index contributed by atoms with van der Waals surface area (Å²) in [4.78, 5) is 12.2. The molecule has 0 fully saturated rings. The number of carbonyl (C=O) groups is 1. The SMILES string of the molecule is CS(=O)(=O)c1ccc(Cl)c(NC(=O)CSc2nnc3ccccn23)c1. The molecule has 1 aromatic carbocycles. The van der Waals surface area contributed by atoms with Gasteiger partial charge in [-0.2, -0.15) is 0 Å². The van der Waals surface area contributed by atoms with Gasteiger partial charge in [0.15, 0.2) is 20.6 Å². The fourth-order valence-corrected chi connectivity index (χ4v) is 3.60. The van der Waals surface area contributed by atoms with Crippen LogP contribution >= 0.6 is 23.4 Å². The molecular weight excluding hydrogens is 384 g/mol. The van der Waals surface area contributed by atoms with Crippen LogP contribution in [0.2, 0.25) is 5.02 Å². The molecule has 1 N–H and O–H groups in total. The monoisotopic (exact) mass is 396 g/mol. The number of hydrogen-bond donors (Lipinski definition) is 1. The standard InChI is InChI=1S/C15H13ClN4O3S2/c1-25(22,23)10-5-6-11(16)12(8-10)17-14(21)9-24-15-19-18-13-4-2-3-7-20(13)15/h2-8H,9H2,1H3,(H,17,21). The van der Waals surface area contributed by atoms with Gasteiger partial charge in [-0.25, -0.2) is 8.42 Å². The first kappa shape index (κ1) is 17.7. The maximum atomic E-state index is 12.2. The van der Waals surface area contributed by atoms with Gasteiger partial charge in [-0.15, -0.1) is 10.2 Å². The third-order valence-electron chi connectivity index (χ3n) is 3.25. The fourth-order valence-electron chi connectivity index (χ4n) is 2.07. The molecule has 0 aliphatic rings. The quantitative estimate of drug-likeness (QED) is 0.666. The number of aromatic nitrogens is 3. The predicted molar refractivity (Wildman–Crippen MR) is 96.9 cm³/mol. The van der Waals surface area contributed by atoms with Crippen molar-refractivity contribution in [3.05, 3.63) is 47.6 Å². The maximum absolute atomic E-state index is 12.2. The van der Waals surface area contributed by atoms with Crippen LogP contribution in [0.1, 0.15) is 0 Å². The van der Waals surface area contributed by atoms with Crippen molar-refractivity contribution in [2.75, 3.05) is 17.3 Å². The number of carbonyl (C=O) groups excluding carboxylic acids is 1. The Kier molecular flexibility index (Phi) is 4.98. The Hall–Kier alpha value is -2.10. The Labute approximate surface area is 153 Å². The summed E-state index contributed by atoms with van der Waals surface area (Å²) in [6.07, 6.45) is 2.90. The van der Waals surface area contributed by atoms with Crippen molar-refractivity contribution in [1.82, 2.24) is 14.6 Å². The van der Waals surface area contributed by atoms with Crippen LogP contribution in [0.3, 0.4) is 0 Å². The lowest BCUT2D eigenvalue weighted by Gasteiger charge is -2.08. The molecule has 0 atom stereocenters. The van der Waals surface area contributed by atoms with E-state index in [2.05, 4.69) is 15.5 Å². The molecule has 0 unspecified atom stereocenters. The molecule has 0 bridgehead atoms. The van der Waals surface area contributed by atoms with E-state index in [0.717, 1.165) is 6.26 Å². The molecule has 0 saturated heterocycles. The van der Waals surface area contributed by atoms with Gasteiger partial charge in [0.2, 0.25) is 5.91 Å². The third-order valence-corrected chi connectivity index (χ3v) is 5.64. The second-order valence-corrected chi connectivity index (χ2v) is 8.53. The lowest BCUT2D eigenvalue weighted by atomic mass is 10.3. The Morgan fingerprint density at radius 1 is 1.28 bits per heavy atom. The number of anilines is 1. The number of benzene rings is 1. The van der Waals surface area contributed by atoms with Crippen LogP contribution in [0, 0.1) is 0 Å². The largest absolute Gasteiger partial charge is 0.324 e. The summed E-state index contributed by atoms with van der Waals surface area (Å²) in [5, 5.41) is 11.5. The van der Waals surface area contributed by atoms with Crippen molar-refractivity contribution in [1.29, 1.82) is 0 Å². The summed E-state index contributed by atoms with van der Waals surface area (Å²) in [5.41, 5.74) is 0.940. The van der Waals surface area contributed by atoms with E-state index in [1.54, 1.807) is 4.40 Å². The van der Waals surface area contributed by atoms with Gasteiger partial charge in [-0.3, -0.25) is 9.20 Å². The van der Waals surface area contributed by atoms with Gasteiger partial charge >= 0.3 is 0 Å². The highest BCUT2D eigenvalue weighted by atomic mass is 35.5. The van der Waals surface area contributed by atoms with E-state index in [1.807, 2.05) is 24.4 Å². The fraction of sp³-hybridized carbons (Fsp3) is 0.133. The molecule has 2 aromatic heterocycles. The van der Waals surface area contributed by atoms with E-state index in [4.69, 9.17) is 11.6 Å². The number of hydrogen-bond acceptors (Lipinski definition) is 6. The molecule has 0 aliphatic carbocycles. The number of nitrogens with one attached hydrogen (secondary N) is 1. The minimum atomic E-state index is -3.39. The van der Waals surface area contributed by atoms with Gasteiger partial charge in [-0.05, 0) is 30.3 Å². The molecule has 2 heterocycles. The molecule has 3 rings (SSSR count). The first-order chi connectivity index (χ1) is 11.8. The van der Waals surface area contributed by atoms with E-state index in [1.165, 1.54) is 30.0 Å².